The first kappa shape index (κ1) is 8.87. The maximum atomic E-state index is 12.0. The molecular formula is C5H6FO4-. The van der Waals surface area contributed by atoms with Crippen molar-refractivity contribution in [1.29, 1.82) is 0 Å². The van der Waals surface area contributed by atoms with Gasteiger partial charge in [0.1, 0.15) is 0 Å². The molecule has 0 radical (unpaired) electrons. The molecule has 0 N–H and O–H groups in total. The van der Waals surface area contributed by atoms with Crippen molar-refractivity contribution in [2.45, 2.75) is 13.1 Å². The highest BCUT2D eigenvalue weighted by molar-refractivity contribution is 5.95. The molecule has 0 saturated carbocycles. The lowest BCUT2D eigenvalue weighted by atomic mass is 10.4. The summed E-state index contributed by atoms with van der Waals surface area (Å²) in [5.41, 5.74) is 0. The Bertz CT molecular complexity index is 145. The minimum absolute atomic E-state index is 0.0491. The number of rotatable bonds is 3. The number of carbonyl (C=O) groups excluding carboxylic acids is 2. The lowest BCUT2D eigenvalue weighted by Gasteiger charge is -2.06. The molecule has 5 heteroatoms. The molecule has 0 fully saturated rings. The minimum Gasteiger partial charge on any atom is -0.546 e. The van der Waals surface area contributed by atoms with E-state index in [2.05, 4.69) is 4.74 Å². The zero-order chi connectivity index (χ0) is 8.15. The smallest absolute Gasteiger partial charge is 0.346 e. The van der Waals surface area contributed by atoms with Gasteiger partial charge in [-0.25, -0.2) is 9.18 Å². The second kappa shape index (κ2) is 3.81. The molecule has 0 aromatic carbocycles. The molecule has 0 rings (SSSR count). The number of aliphatic carboxylic acids is 1. The summed E-state index contributed by atoms with van der Waals surface area (Å²) in [5, 5.41) is 9.63. The second-order valence-electron chi connectivity index (χ2n) is 1.43. The van der Waals surface area contributed by atoms with Gasteiger partial charge in [-0.15, -0.1) is 0 Å². The highest BCUT2D eigenvalue weighted by Gasteiger charge is 2.18. The van der Waals surface area contributed by atoms with Crippen LogP contribution in [0.3, 0.4) is 0 Å². The molecule has 0 aliphatic heterocycles. The van der Waals surface area contributed by atoms with Crippen LogP contribution >= 0.6 is 0 Å². The van der Waals surface area contributed by atoms with E-state index >= 15 is 0 Å². The van der Waals surface area contributed by atoms with Crippen molar-refractivity contribution >= 4 is 11.9 Å². The number of carboxylic acids is 1. The Morgan fingerprint density at radius 3 is 2.50 bits per heavy atom. The molecule has 0 aliphatic carbocycles. The van der Waals surface area contributed by atoms with E-state index in [1.807, 2.05) is 0 Å². The van der Waals surface area contributed by atoms with Crippen molar-refractivity contribution in [3.05, 3.63) is 0 Å². The Labute approximate surface area is 56.6 Å². The van der Waals surface area contributed by atoms with Gasteiger partial charge in [0.05, 0.1) is 12.6 Å². The molecule has 58 valence electrons. The largest absolute Gasteiger partial charge is 0.546 e. The standard InChI is InChI=1S/C5H7FO4/c1-2-10-5(9)3(6)4(7)8/h3H,2H2,1H3,(H,7,8)/p-1. The fraction of sp³-hybridized carbons (Fsp3) is 0.600. The molecule has 0 aromatic rings. The SMILES string of the molecule is CCOC(=O)C(F)C(=O)[O-]. The minimum atomic E-state index is -2.67. The fourth-order valence-corrected chi connectivity index (χ4v) is 0.312. The number of hydrogen-bond acceptors (Lipinski definition) is 4. The normalized spacial score (nSPS) is 12.2. The van der Waals surface area contributed by atoms with Crippen LogP contribution in [0.25, 0.3) is 0 Å². The van der Waals surface area contributed by atoms with Crippen molar-refractivity contribution in [3.63, 3.8) is 0 Å². The Balaban J connectivity index is 3.82. The first-order chi connectivity index (χ1) is 4.59. The maximum Gasteiger partial charge on any atom is 0.346 e. The van der Waals surface area contributed by atoms with Crippen molar-refractivity contribution in [3.8, 4) is 0 Å². The molecule has 0 aromatic heterocycles. The van der Waals surface area contributed by atoms with Crippen LogP contribution in [0, 0.1) is 0 Å². The van der Waals surface area contributed by atoms with Crippen LogP contribution in [0.4, 0.5) is 4.39 Å². The summed E-state index contributed by atoms with van der Waals surface area (Å²) in [7, 11) is 0. The third-order valence-corrected chi connectivity index (χ3v) is 0.700. The fourth-order valence-electron chi connectivity index (χ4n) is 0.312. The van der Waals surface area contributed by atoms with Crippen LogP contribution in [0.2, 0.25) is 0 Å². The van der Waals surface area contributed by atoms with Crippen LogP contribution in [0.5, 0.6) is 0 Å². The van der Waals surface area contributed by atoms with E-state index in [9.17, 15) is 19.1 Å². The summed E-state index contributed by atoms with van der Waals surface area (Å²) in [5.74, 6) is -3.49. The third kappa shape index (κ3) is 2.43. The van der Waals surface area contributed by atoms with Crippen molar-refractivity contribution in [2.75, 3.05) is 6.61 Å². The van der Waals surface area contributed by atoms with Crippen molar-refractivity contribution in [2.24, 2.45) is 0 Å². The molecule has 0 heterocycles. The quantitative estimate of drug-likeness (QED) is 0.367. The zero-order valence-electron chi connectivity index (χ0n) is 5.30. The molecule has 1 unspecified atom stereocenters. The van der Waals surface area contributed by atoms with Crippen LogP contribution in [-0.2, 0) is 14.3 Å². The third-order valence-electron chi connectivity index (χ3n) is 0.700. The highest BCUT2D eigenvalue weighted by Crippen LogP contribution is 1.92. The molecular weight excluding hydrogens is 143 g/mol. The Hall–Kier alpha value is -1.13. The van der Waals surface area contributed by atoms with Gasteiger partial charge in [-0.2, -0.15) is 0 Å². The monoisotopic (exact) mass is 149 g/mol. The van der Waals surface area contributed by atoms with Gasteiger partial charge in [0.15, 0.2) is 0 Å². The Morgan fingerprint density at radius 2 is 2.20 bits per heavy atom. The first-order valence-electron chi connectivity index (χ1n) is 2.61. The van der Waals surface area contributed by atoms with Crippen molar-refractivity contribution < 1.29 is 23.8 Å². The van der Waals surface area contributed by atoms with E-state index in [0.717, 1.165) is 0 Å². The number of alkyl halides is 1. The molecule has 0 spiro atoms. The van der Waals surface area contributed by atoms with Gasteiger partial charge in [0, 0.05) is 0 Å². The number of hydrogen-bond donors (Lipinski definition) is 0. The lowest BCUT2D eigenvalue weighted by Crippen LogP contribution is -2.38. The molecule has 1 atom stereocenters. The van der Waals surface area contributed by atoms with Gasteiger partial charge in [0.2, 0.25) is 6.17 Å². The number of ether oxygens (including phenoxy) is 1. The number of carbonyl (C=O) groups is 2. The van der Waals surface area contributed by atoms with Crippen molar-refractivity contribution in [1.82, 2.24) is 0 Å². The molecule has 10 heavy (non-hydrogen) atoms. The molecule has 0 aliphatic rings. The molecule has 0 amide bonds. The topological polar surface area (TPSA) is 66.4 Å². The van der Waals surface area contributed by atoms with E-state index in [0.29, 0.717) is 0 Å². The predicted molar refractivity (Wildman–Crippen MR) is 26.5 cm³/mol. The van der Waals surface area contributed by atoms with E-state index in [1.165, 1.54) is 6.92 Å². The molecule has 0 saturated heterocycles. The zero-order valence-corrected chi connectivity index (χ0v) is 5.30. The van der Waals surface area contributed by atoms with Crippen LogP contribution < -0.4 is 5.11 Å². The summed E-state index contributed by atoms with van der Waals surface area (Å²) in [6.45, 7) is 1.40. The van der Waals surface area contributed by atoms with E-state index in [4.69, 9.17) is 0 Å². The maximum absolute atomic E-state index is 12.0. The molecule has 4 nitrogen and oxygen atoms in total. The molecule has 0 bridgehead atoms. The van der Waals surface area contributed by atoms with Gasteiger partial charge in [-0.05, 0) is 6.92 Å². The Morgan fingerprint density at radius 1 is 1.70 bits per heavy atom. The van der Waals surface area contributed by atoms with E-state index in [1.54, 1.807) is 0 Å². The average molecular weight is 149 g/mol. The predicted octanol–water partition coefficient (Wildman–Crippen LogP) is -1.36. The number of carboxylic acid groups (broad SMARTS) is 1. The van der Waals surface area contributed by atoms with Gasteiger partial charge >= 0.3 is 5.97 Å². The number of halogens is 1. The van der Waals surface area contributed by atoms with Gasteiger partial charge < -0.3 is 14.6 Å². The average Bonchev–Trinajstić information content (AvgIpc) is 1.87. The van der Waals surface area contributed by atoms with E-state index < -0.39 is 18.1 Å². The summed E-state index contributed by atoms with van der Waals surface area (Å²) in [6, 6.07) is 0. The summed E-state index contributed by atoms with van der Waals surface area (Å²) >= 11 is 0. The Kier molecular flexibility index (Phi) is 3.38. The number of esters is 1. The van der Waals surface area contributed by atoms with Crippen LogP contribution in [-0.4, -0.2) is 24.7 Å². The second-order valence-corrected chi connectivity index (χ2v) is 1.43. The van der Waals surface area contributed by atoms with Crippen LogP contribution in [0.15, 0.2) is 0 Å². The van der Waals surface area contributed by atoms with E-state index in [-0.39, 0.29) is 6.61 Å². The first-order valence-corrected chi connectivity index (χ1v) is 2.61. The van der Waals surface area contributed by atoms with Gasteiger partial charge in [-0.1, -0.05) is 0 Å². The summed E-state index contributed by atoms with van der Waals surface area (Å²) in [6.07, 6.45) is -2.67. The highest BCUT2D eigenvalue weighted by atomic mass is 19.1. The summed E-state index contributed by atoms with van der Waals surface area (Å²) < 4.78 is 16.0. The lowest BCUT2D eigenvalue weighted by molar-refractivity contribution is -0.311. The van der Waals surface area contributed by atoms with Gasteiger partial charge in [0.25, 0.3) is 0 Å². The van der Waals surface area contributed by atoms with Crippen LogP contribution in [0.1, 0.15) is 6.92 Å². The summed E-state index contributed by atoms with van der Waals surface area (Å²) in [4.78, 5) is 19.8. The van der Waals surface area contributed by atoms with Gasteiger partial charge in [-0.3, -0.25) is 0 Å².